The lowest BCUT2D eigenvalue weighted by Crippen LogP contribution is -2.50. The minimum atomic E-state index is -0.463. The molecule has 3 aliphatic rings. The molecule has 3 rings (SSSR count). The summed E-state index contributed by atoms with van der Waals surface area (Å²) in [5.41, 5.74) is 1.73. The number of ether oxygens (including phenoxy) is 1. The molecule has 36 heavy (non-hydrogen) atoms. The number of aliphatic imine (C=N–C) groups is 1. The highest BCUT2D eigenvalue weighted by atomic mass is 19.1. The zero-order valence-electron chi connectivity index (χ0n) is 22.7. The lowest BCUT2D eigenvalue weighted by atomic mass is 9.91. The van der Waals surface area contributed by atoms with Crippen molar-refractivity contribution in [3.63, 3.8) is 0 Å². The van der Waals surface area contributed by atoms with Crippen molar-refractivity contribution in [2.75, 3.05) is 33.3 Å². The van der Waals surface area contributed by atoms with Gasteiger partial charge in [0.1, 0.15) is 11.7 Å². The monoisotopic (exact) mass is 504 g/mol. The highest BCUT2D eigenvalue weighted by Gasteiger charge is 2.33. The lowest BCUT2D eigenvalue weighted by Gasteiger charge is -2.44. The minimum absolute atomic E-state index is 0.0300. The first kappa shape index (κ1) is 28.5. The Morgan fingerprint density at radius 1 is 1.28 bits per heavy atom. The normalized spacial score (nSPS) is 27.1. The third kappa shape index (κ3) is 7.72. The van der Waals surface area contributed by atoms with Gasteiger partial charge >= 0.3 is 6.03 Å². The van der Waals surface area contributed by atoms with Crippen LogP contribution in [0.25, 0.3) is 0 Å². The summed E-state index contributed by atoms with van der Waals surface area (Å²) in [4.78, 5) is 34.3. The molecule has 3 unspecified atom stereocenters. The summed E-state index contributed by atoms with van der Waals surface area (Å²) in [7, 11) is 1.96. The third-order valence-electron chi connectivity index (χ3n) is 7.97. The van der Waals surface area contributed by atoms with Crippen LogP contribution in [-0.2, 0) is 9.53 Å². The number of carbonyl (C=O) groups excluding carboxylic acids is 2. The van der Waals surface area contributed by atoms with Gasteiger partial charge in [-0.2, -0.15) is 4.99 Å². The Bertz CT molecular complexity index is 856. The van der Waals surface area contributed by atoms with E-state index in [2.05, 4.69) is 29.8 Å². The molecule has 2 saturated heterocycles. The predicted octanol–water partition coefficient (Wildman–Crippen LogP) is 5.47. The van der Waals surface area contributed by atoms with Gasteiger partial charge < -0.3 is 9.64 Å². The van der Waals surface area contributed by atoms with Crippen LogP contribution in [0.15, 0.2) is 28.0 Å². The van der Waals surface area contributed by atoms with Gasteiger partial charge in [0.25, 0.3) is 0 Å². The van der Waals surface area contributed by atoms with Crippen molar-refractivity contribution in [3.8, 4) is 0 Å². The van der Waals surface area contributed by atoms with E-state index in [1.807, 2.05) is 18.9 Å². The van der Waals surface area contributed by atoms with Crippen molar-refractivity contribution < 1.29 is 18.7 Å². The first-order chi connectivity index (χ1) is 17.3. The largest absolute Gasteiger partial charge is 0.373 e. The topological polar surface area (TPSA) is 65.5 Å². The number of hydrogen-bond acceptors (Lipinski definition) is 4. The van der Waals surface area contributed by atoms with Gasteiger partial charge in [0.2, 0.25) is 6.41 Å². The Labute approximate surface area is 216 Å². The third-order valence-corrected chi connectivity index (χ3v) is 7.97. The van der Waals surface area contributed by atoms with Gasteiger partial charge in [-0.05, 0) is 64.4 Å². The molecule has 0 spiro atoms. The standard InChI is InChI=1S/C28H45FN4O3/c1-5-23-18-24(36-19-25-21(2)11-9-12-26(25)29)17-22(3)33(23)16-10-15-32(20-34)28(35)30-27-13-7-6-8-14-31(27)4/h11,20,22-24H,5-10,12-19H2,1-4H3/b30-27-. The van der Waals surface area contributed by atoms with E-state index < -0.39 is 6.03 Å². The van der Waals surface area contributed by atoms with Crippen molar-refractivity contribution in [1.82, 2.24) is 14.7 Å². The van der Waals surface area contributed by atoms with Crippen molar-refractivity contribution in [1.29, 1.82) is 0 Å². The fourth-order valence-corrected chi connectivity index (χ4v) is 5.71. The summed E-state index contributed by atoms with van der Waals surface area (Å²) in [5, 5.41) is 0. The molecule has 2 heterocycles. The summed E-state index contributed by atoms with van der Waals surface area (Å²) in [6, 6.07) is 0.214. The van der Waals surface area contributed by atoms with E-state index in [4.69, 9.17) is 4.74 Å². The highest BCUT2D eigenvalue weighted by molar-refractivity contribution is 5.96. The van der Waals surface area contributed by atoms with Gasteiger partial charge in [-0.25, -0.2) is 9.18 Å². The number of halogens is 1. The van der Waals surface area contributed by atoms with Crippen LogP contribution >= 0.6 is 0 Å². The van der Waals surface area contributed by atoms with E-state index in [9.17, 15) is 14.0 Å². The fraction of sp³-hybridized carbons (Fsp3) is 0.750. The summed E-state index contributed by atoms with van der Waals surface area (Å²) < 4.78 is 20.5. The van der Waals surface area contributed by atoms with Crippen LogP contribution in [-0.4, -0.2) is 84.5 Å². The van der Waals surface area contributed by atoms with Crippen molar-refractivity contribution in [2.24, 2.45) is 4.99 Å². The molecule has 7 nitrogen and oxygen atoms in total. The second kappa shape index (κ2) is 14.0. The highest BCUT2D eigenvalue weighted by Crippen LogP contribution is 2.30. The number of imide groups is 1. The zero-order chi connectivity index (χ0) is 26.1. The molecule has 0 saturated carbocycles. The number of urea groups is 1. The molecular formula is C28H45FN4O3. The minimum Gasteiger partial charge on any atom is -0.373 e. The number of piperidine rings is 1. The average Bonchev–Trinajstić information content (AvgIpc) is 3.06. The van der Waals surface area contributed by atoms with Crippen LogP contribution in [0.1, 0.15) is 85.0 Å². The maximum absolute atomic E-state index is 14.3. The number of nitrogens with zero attached hydrogens (tertiary/aromatic N) is 4. The molecule has 1 aliphatic carbocycles. The summed E-state index contributed by atoms with van der Waals surface area (Å²) in [6.45, 7) is 8.77. The van der Waals surface area contributed by atoms with Crippen molar-refractivity contribution in [3.05, 3.63) is 23.0 Å². The molecule has 0 aromatic carbocycles. The molecule has 202 valence electrons. The summed E-state index contributed by atoms with van der Waals surface area (Å²) >= 11 is 0. The zero-order valence-corrected chi connectivity index (χ0v) is 22.7. The lowest BCUT2D eigenvalue weighted by molar-refractivity contribution is -0.115. The maximum Gasteiger partial charge on any atom is 0.351 e. The number of rotatable bonds is 9. The Kier molecular flexibility index (Phi) is 11.1. The van der Waals surface area contributed by atoms with E-state index in [1.165, 1.54) is 4.90 Å². The Morgan fingerprint density at radius 2 is 2.08 bits per heavy atom. The first-order valence-electron chi connectivity index (χ1n) is 13.8. The van der Waals surface area contributed by atoms with Gasteiger partial charge in [-0.1, -0.05) is 19.4 Å². The van der Waals surface area contributed by atoms with E-state index in [-0.39, 0.29) is 11.9 Å². The second-order valence-corrected chi connectivity index (χ2v) is 10.6. The van der Waals surface area contributed by atoms with Crippen LogP contribution in [0.3, 0.4) is 0 Å². The van der Waals surface area contributed by atoms with Gasteiger partial charge in [0.15, 0.2) is 0 Å². The molecule has 8 heteroatoms. The van der Waals surface area contributed by atoms with Crippen LogP contribution in [0, 0.1) is 0 Å². The number of allylic oxidation sites excluding steroid dienone is 2. The summed E-state index contributed by atoms with van der Waals surface area (Å²) in [6.07, 6.45) is 11.6. The SMILES string of the molecule is CCC1CC(OCC2=C(F)CCC=C2C)CC(C)N1CCCN(C=O)C(=O)/N=C1/CCCCCN1C. The Hall–Kier alpha value is -2.06. The summed E-state index contributed by atoms with van der Waals surface area (Å²) in [5.74, 6) is 0.748. The van der Waals surface area contributed by atoms with Crippen LogP contribution < -0.4 is 0 Å². The fourth-order valence-electron chi connectivity index (χ4n) is 5.71. The van der Waals surface area contributed by atoms with E-state index >= 15 is 0 Å². The molecule has 3 amide bonds. The van der Waals surface area contributed by atoms with Crippen molar-refractivity contribution >= 4 is 18.3 Å². The quantitative estimate of drug-likeness (QED) is 0.390. The average molecular weight is 505 g/mol. The molecular weight excluding hydrogens is 459 g/mol. The number of carbonyl (C=O) groups is 2. The number of amidine groups is 1. The van der Waals surface area contributed by atoms with E-state index in [1.54, 1.807) is 0 Å². The van der Waals surface area contributed by atoms with Crippen LogP contribution in [0.5, 0.6) is 0 Å². The molecule has 3 atom stereocenters. The van der Waals surface area contributed by atoms with E-state index in [0.717, 1.165) is 81.4 Å². The molecule has 0 aromatic rings. The van der Waals surface area contributed by atoms with Gasteiger partial charge in [-0.15, -0.1) is 0 Å². The Balaban J connectivity index is 1.50. The van der Waals surface area contributed by atoms with E-state index in [0.29, 0.717) is 44.5 Å². The maximum atomic E-state index is 14.3. The smallest absolute Gasteiger partial charge is 0.351 e. The van der Waals surface area contributed by atoms with Crippen LogP contribution in [0.4, 0.5) is 9.18 Å². The molecule has 0 aromatic heterocycles. The van der Waals surface area contributed by atoms with Crippen LogP contribution in [0.2, 0.25) is 0 Å². The molecule has 0 bridgehead atoms. The van der Waals surface area contributed by atoms with Gasteiger partial charge in [0, 0.05) is 57.2 Å². The first-order valence-corrected chi connectivity index (χ1v) is 13.8. The molecule has 2 aliphatic heterocycles. The van der Waals surface area contributed by atoms with Gasteiger partial charge in [0.05, 0.1) is 12.7 Å². The molecule has 0 radical (unpaired) electrons. The number of likely N-dealkylation sites (tertiary alicyclic amines) is 2. The second-order valence-electron chi connectivity index (χ2n) is 10.6. The molecule has 2 fully saturated rings. The predicted molar refractivity (Wildman–Crippen MR) is 142 cm³/mol. The Morgan fingerprint density at radius 3 is 2.81 bits per heavy atom. The van der Waals surface area contributed by atoms with Gasteiger partial charge in [-0.3, -0.25) is 14.6 Å². The number of hydrogen-bond donors (Lipinski definition) is 0. The number of amides is 3. The van der Waals surface area contributed by atoms with Crippen molar-refractivity contribution in [2.45, 2.75) is 103 Å². The molecule has 0 N–H and O–H groups in total.